The highest BCUT2D eigenvalue weighted by atomic mass is 79.9. The van der Waals surface area contributed by atoms with Gasteiger partial charge in [0.1, 0.15) is 11.6 Å². The first-order valence-corrected chi connectivity index (χ1v) is 11.6. The van der Waals surface area contributed by atoms with Crippen molar-refractivity contribution in [3.05, 3.63) is 44.8 Å². The van der Waals surface area contributed by atoms with Crippen molar-refractivity contribution in [3.8, 4) is 0 Å². The van der Waals surface area contributed by atoms with E-state index in [1.165, 1.54) is 8.66 Å². The fourth-order valence-electron chi connectivity index (χ4n) is 3.46. The van der Waals surface area contributed by atoms with Crippen LogP contribution in [0.4, 0.5) is 11.5 Å². The second-order valence-corrected chi connectivity index (χ2v) is 9.66. The minimum atomic E-state index is 0.784. The molecule has 1 aliphatic heterocycles. The van der Waals surface area contributed by atoms with Crippen molar-refractivity contribution in [2.45, 2.75) is 13.3 Å². The van der Waals surface area contributed by atoms with Crippen molar-refractivity contribution in [1.29, 1.82) is 0 Å². The number of thiophene rings is 1. The molecule has 154 valence electrons. The summed E-state index contributed by atoms with van der Waals surface area (Å²) in [6, 6.07) is 10.6. The lowest BCUT2D eigenvalue weighted by atomic mass is 10.2. The quantitative estimate of drug-likeness (QED) is 0.509. The van der Waals surface area contributed by atoms with Gasteiger partial charge in [0.15, 0.2) is 0 Å². The summed E-state index contributed by atoms with van der Waals surface area (Å²) in [6.45, 7) is 8.42. The summed E-state index contributed by atoms with van der Waals surface area (Å²) in [4.78, 5) is 13.0. The molecular formula is C21H26BrN5OS. The van der Waals surface area contributed by atoms with Crippen LogP contribution in [0.3, 0.4) is 0 Å². The van der Waals surface area contributed by atoms with E-state index in [1.54, 1.807) is 11.3 Å². The Morgan fingerprint density at radius 2 is 1.97 bits per heavy atom. The van der Waals surface area contributed by atoms with Gasteiger partial charge < -0.3 is 15.4 Å². The first-order chi connectivity index (χ1) is 14.2. The van der Waals surface area contributed by atoms with Gasteiger partial charge in [-0.3, -0.25) is 4.90 Å². The van der Waals surface area contributed by atoms with Crippen LogP contribution in [-0.4, -0.2) is 60.8 Å². The first-order valence-electron chi connectivity index (χ1n) is 9.98. The van der Waals surface area contributed by atoms with E-state index in [9.17, 15) is 0 Å². The highest BCUT2D eigenvalue weighted by Gasteiger charge is 2.10. The number of nitrogens with zero attached hydrogens (tertiary/aromatic N) is 3. The molecule has 0 radical (unpaired) electrons. The van der Waals surface area contributed by atoms with Crippen LogP contribution < -0.4 is 10.6 Å². The van der Waals surface area contributed by atoms with E-state index >= 15 is 0 Å². The average molecular weight is 476 g/mol. The van der Waals surface area contributed by atoms with E-state index in [1.807, 2.05) is 6.92 Å². The number of fused-ring (bicyclic) bond motifs is 1. The lowest BCUT2D eigenvalue weighted by Crippen LogP contribution is -2.38. The van der Waals surface area contributed by atoms with Crippen LogP contribution in [0.15, 0.2) is 34.1 Å². The summed E-state index contributed by atoms with van der Waals surface area (Å²) >= 11 is 5.30. The molecule has 6 nitrogen and oxygen atoms in total. The molecule has 1 aliphatic rings. The van der Waals surface area contributed by atoms with Gasteiger partial charge in [-0.2, -0.15) is 0 Å². The normalized spacial score (nSPS) is 15.0. The first kappa shape index (κ1) is 20.5. The van der Waals surface area contributed by atoms with Crippen molar-refractivity contribution in [2.75, 3.05) is 56.6 Å². The van der Waals surface area contributed by atoms with E-state index in [0.29, 0.717) is 0 Å². The Bertz CT molecular complexity index is 957. The zero-order valence-corrected chi connectivity index (χ0v) is 19.0. The van der Waals surface area contributed by atoms with Crippen LogP contribution in [0.1, 0.15) is 10.7 Å². The van der Waals surface area contributed by atoms with Gasteiger partial charge in [0, 0.05) is 48.7 Å². The largest absolute Gasteiger partial charge is 0.384 e. The number of morpholine rings is 1. The number of hydrogen-bond acceptors (Lipinski definition) is 7. The Balaban J connectivity index is 1.41. The number of nitrogens with one attached hydrogen (secondary N) is 2. The molecule has 0 atom stereocenters. The molecule has 0 bridgehead atoms. The number of anilines is 2. The Labute approximate surface area is 183 Å². The van der Waals surface area contributed by atoms with Crippen LogP contribution >= 0.6 is 27.3 Å². The Hall–Kier alpha value is -1.74. The SMILES string of the molecule is Cc1nc(NCCc2ccc(Br)s2)c2cc(NCCN3CCOCC3)ccc2n1. The van der Waals surface area contributed by atoms with Gasteiger partial charge in [-0.05, 0) is 59.6 Å². The molecule has 1 aromatic carbocycles. The average Bonchev–Trinajstić information content (AvgIpc) is 3.14. The van der Waals surface area contributed by atoms with Crippen LogP contribution in [-0.2, 0) is 11.2 Å². The van der Waals surface area contributed by atoms with Crippen molar-refractivity contribution >= 4 is 49.7 Å². The number of ether oxygens (including phenoxy) is 1. The van der Waals surface area contributed by atoms with Gasteiger partial charge in [-0.15, -0.1) is 11.3 Å². The molecule has 2 aromatic heterocycles. The molecule has 1 fully saturated rings. The molecule has 2 N–H and O–H groups in total. The lowest BCUT2D eigenvalue weighted by Gasteiger charge is -2.26. The van der Waals surface area contributed by atoms with E-state index < -0.39 is 0 Å². The van der Waals surface area contributed by atoms with Crippen LogP contribution in [0.25, 0.3) is 10.9 Å². The highest BCUT2D eigenvalue weighted by molar-refractivity contribution is 9.11. The summed E-state index contributed by atoms with van der Waals surface area (Å²) < 4.78 is 6.58. The Morgan fingerprint density at radius 3 is 2.76 bits per heavy atom. The Kier molecular flexibility index (Phi) is 6.97. The minimum absolute atomic E-state index is 0.784. The maximum atomic E-state index is 5.41. The van der Waals surface area contributed by atoms with Gasteiger partial charge in [-0.1, -0.05) is 0 Å². The summed E-state index contributed by atoms with van der Waals surface area (Å²) in [5.41, 5.74) is 2.07. The molecule has 1 saturated heterocycles. The number of benzene rings is 1. The second kappa shape index (κ2) is 9.84. The second-order valence-electron chi connectivity index (χ2n) is 7.11. The number of aromatic nitrogens is 2. The molecule has 0 amide bonds. The topological polar surface area (TPSA) is 62.3 Å². The molecule has 3 heterocycles. The monoisotopic (exact) mass is 475 g/mol. The van der Waals surface area contributed by atoms with Gasteiger partial charge in [-0.25, -0.2) is 9.97 Å². The number of halogens is 1. The standard InChI is InChI=1S/C21H26BrN5OS/c1-15-25-19-4-2-16(23-8-9-27-10-12-28-13-11-27)14-18(19)21(26-15)24-7-6-17-3-5-20(22)29-17/h2-5,14,23H,6-13H2,1H3,(H,24,25,26). The number of hydrogen-bond donors (Lipinski definition) is 2. The fourth-order valence-corrected chi connectivity index (χ4v) is 4.95. The van der Waals surface area contributed by atoms with E-state index in [-0.39, 0.29) is 0 Å². The van der Waals surface area contributed by atoms with Crippen molar-refractivity contribution in [3.63, 3.8) is 0 Å². The zero-order chi connectivity index (χ0) is 20.1. The highest BCUT2D eigenvalue weighted by Crippen LogP contribution is 2.25. The van der Waals surface area contributed by atoms with Crippen LogP contribution in [0.2, 0.25) is 0 Å². The Morgan fingerprint density at radius 1 is 1.10 bits per heavy atom. The summed E-state index contributed by atoms with van der Waals surface area (Å²) in [6.07, 6.45) is 0.971. The smallest absolute Gasteiger partial charge is 0.137 e. The van der Waals surface area contributed by atoms with Crippen LogP contribution in [0, 0.1) is 6.92 Å². The minimum Gasteiger partial charge on any atom is -0.384 e. The molecule has 29 heavy (non-hydrogen) atoms. The molecule has 0 unspecified atom stereocenters. The fraction of sp³-hybridized carbons (Fsp3) is 0.429. The molecule has 0 saturated carbocycles. The summed E-state index contributed by atoms with van der Waals surface area (Å²) in [5, 5.41) is 8.11. The van der Waals surface area contributed by atoms with E-state index in [4.69, 9.17) is 4.74 Å². The number of aryl methyl sites for hydroxylation is 1. The third-order valence-corrected chi connectivity index (χ3v) is 6.64. The number of rotatable bonds is 8. The molecule has 3 aromatic rings. The molecule has 8 heteroatoms. The van der Waals surface area contributed by atoms with Crippen molar-refractivity contribution in [2.24, 2.45) is 0 Å². The predicted octanol–water partition coefficient (Wildman–Crippen LogP) is 4.16. The predicted molar refractivity (Wildman–Crippen MR) is 124 cm³/mol. The lowest BCUT2D eigenvalue weighted by molar-refractivity contribution is 0.0398. The van der Waals surface area contributed by atoms with Gasteiger partial charge in [0.25, 0.3) is 0 Å². The summed E-state index contributed by atoms with van der Waals surface area (Å²) in [7, 11) is 0. The van der Waals surface area contributed by atoms with E-state index in [2.05, 4.69) is 71.8 Å². The molecule has 0 spiro atoms. The maximum absolute atomic E-state index is 5.41. The zero-order valence-electron chi connectivity index (χ0n) is 16.6. The van der Waals surface area contributed by atoms with Crippen molar-refractivity contribution < 1.29 is 4.74 Å². The van der Waals surface area contributed by atoms with Gasteiger partial charge >= 0.3 is 0 Å². The van der Waals surface area contributed by atoms with E-state index in [0.717, 1.165) is 80.6 Å². The molecule has 0 aliphatic carbocycles. The van der Waals surface area contributed by atoms with Gasteiger partial charge in [0.05, 0.1) is 22.5 Å². The third kappa shape index (κ3) is 5.66. The summed E-state index contributed by atoms with van der Waals surface area (Å²) in [5.74, 6) is 1.69. The molecule has 4 rings (SSSR count). The third-order valence-electron chi connectivity index (χ3n) is 4.96. The maximum Gasteiger partial charge on any atom is 0.137 e. The van der Waals surface area contributed by atoms with Crippen molar-refractivity contribution in [1.82, 2.24) is 14.9 Å². The van der Waals surface area contributed by atoms with Gasteiger partial charge in [0.2, 0.25) is 0 Å². The van der Waals surface area contributed by atoms with Crippen LogP contribution in [0.5, 0.6) is 0 Å². The molecular weight excluding hydrogens is 450 g/mol.